The second kappa shape index (κ2) is 7.09. The molecule has 1 N–H and O–H groups in total. The highest BCUT2D eigenvalue weighted by Gasteiger charge is 2.18. The third-order valence-corrected chi connectivity index (χ3v) is 3.53. The SMILES string of the molecule is COc1ccccc1[C@@H](C)N(C)CC(=O)Nc1cc(C)no1. The minimum Gasteiger partial charge on any atom is -0.496 e. The standard InChI is InChI=1S/C16H21N3O3/c1-11-9-16(22-18-11)17-15(20)10-19(3)12(2)13-7-5-6-8-14(13)21-4/h5-9,12H,10H2,1-4H3,(H,17,20)/t12-/m1/s1. The van der Waals surface area contributed by atoms with Crippen molar-refractivity contribution in [3.05, 3.63) is 41.6 Å². The molecule has 0 aliphatic heterocycles. The molecule has 22 heavy (non-hydrogen) atoms. The van der Waals surface area contributed by atoms with Crippen LogP contribution in [0.1, 0.15) is 24.2 Å². The number of anilines is 1. The molecule has 0 aliphatic carbocycles. The van der Waals surface area contributed by atoms with Crippen LogP contribution in [0, 0.1) is 6.92 Å². The Morgan fingerprint density at radius 3 is 2.82 bits per heavy atom. The van der Waals surface area contributed by atoms with E-state index in [9.17, 15) is 4.79 Å². The number of hydrogen-bond acceptors (Lipinski definition) is 5. The van der Waals surface area contributed by atoms with Gasteiger partial charge in [0, 0.05) is 17.7 Å². The van der Waals surface area contributed by atoms with Gasteiger partial charge in [0.15, 0.2) is 0 Å². The Labute approximate surface area is 130 Å². The highest BCUT2D eigenvalue weighted by molar-refractivity contribution is 5.90. The molecule has 1 amide bonds. The Kier molecular flexibility index (Phi) is 5.16. The largest absolute Gasteiger partial charge is 0.496 e. The molecular weight excluding hydrogens is 282 g/mol. The number of nitrogens with zero attached hydrogens (tertiary/aromatic N) is 2. The van der Waals surface area contributed by atoms with Crippen LogP contribution in [0.2, 0.25) is 0 Å². The normalized spacial score (nSPS) is 12.2. The highest BCUT2D eigenvalue weighted by atomic mass is 16.5. The van der Waals surface area contributed by atoms with Gasteiger partial charge in [-0.2, -0.15) is 0 Å². The maximum absolute atomic E-state index is 12.1. The van der Waals surface area contributed by atoms with Gasteiger partial charge in [-0.05, 0) is 27.0 Å². The Balaban J connectivity index is 1.98. The first-order chi connectivity index (χ1) is 10.5. The van der Waals surface area contributed by atoms with Gasteiger partial charge in [-0.15, -0.1) is 0 Å². The Morgan fingerprint density at radius 2 is 2.18 bits per heavy atom. The van der Waals surface area contributed by atoms with Crippen LogP contribution in [0.5, 0.6) is 5.75 Å². The summed E-state index contributed by atoms with van der Waals surface area (Å²) in [5.74, 6) is 1.02. The predicted octanol–water partition coefficient (Wildman–Crippen LogP) is 2.62. The average Bonchev–Trinajstić information content (AvgIpc) is 2.91. The van der Waals surface area contributed by atoms with Crippen LogP contribution < -0.4 is 10.1 Å². The molecule has 1 heterocycles. The smallest absolute Gasteiger partial charge is 0.240 e. The number of likely N-dealkylation sites (N-methyl/N-ethyl adjacent to an activating group) is 1. The van der Waals surface area contributed by atoms with Gasteiger partial charge in [-0.25, -0.2) is 0 Å². The lowest BCUT2D eigenvalue weighted by Gasteiger charge is -2.25. The van der Waals surface area contributed by atoms with Crippen molar-refractivity contribution in [3.63, 3.8) is 0 Å². The van der Waals surface area contributed by atoms with Crippen molar-refractivity contribution in [1.29, 1.82) is 0 Å². The Bertz CT molecular complexity index is 639. The number of ether oxygens (including phenoxy) is 1. The van der Waals surface area contributed by atoms with Gasteiger partial charge in [-0.3, -0.25) is 15.0 Å². The quantitative estimate of drug-likeness (QED) is 0.888. The maximum atomic E-state index is 12.1. The van der Waals surface area contributed by atoms with Gasteiger partial charge in [-0.1, -0.05) is 23.4 Å². The van der Waals surface area contributed by atoms with E-state index in [0.29, 0.717) is 5.88 Å². The van der Waals surface area contributed by atoms with E-state index in [2.05, 4.69) is 10.5 Å². The number of hydrogen-bond donors (Lipinski definition) is 1. The third-order valence-electron chi connectivity index (χ3n) is 3.53. The third kappa shape index (κ3) is 3.85. The zero-order valence-electron chi connectivity index (χ0n) is 13.3. The van der Waals surface area contributed by atoms with Crippen molar-refractivity contribution in [3.8, 4) is 5.75 Å². The topological polar surface area (TPSA) is 67.6 Å². The molecule has 0 saturated heterocycles. The maximum Gasteiger partial charge on any atom is 0.240 e. The van der Waals surface area contributed by atoms with Crippen molar-refractivity contribution < 1.29 is 14.1 Å². The summed E-state index contributed by atoms with van der Waals surface area (Å²) < 4.78 is 10.3. The molecule has 0 fully saturated rings. The van der Waals surface area contributed by atoms with E-state index in [1.54, 1.807) is 20.1 Å². The summed E-state index contributed by atoms with van der Waals surface area (Å²) in [6.45, 7) is 4.07. The summed E-state index contributed by atoms with van der Waals surface area (Å²) in [6, 6.07) is 9.52. The lowest BCUT2D eigenvalue weighted by molar-refractivity contribution is -0.117. The molecule has 0 aliphatic rings. The summed E-state index contributed by atoms with van der Waals surface area (Å²) in [7, 11) is 3.53. The van der Waals surface area contributed by atoms with Crippen molar-refractivity contribution in [2.75, 3.05) is 26.0 Å². The number of rotatable bonds is 6. The van der Waals surface area contributed by atoms with E-state index in [4.69, 9.17) is 9.26 Å². The van der Waals surface area contributed by atoms with Crippen LogP contribution in [-0.4, -0.2) is 36.7 Å². The minimum absolute atomic E-state index is 0.0402. The fraction of sp³-hybridized carbons (Fsp3) is 0.375. The van der Waals surface area contributed by atoms with Gasteiger partial charge in [0.05, 0.1) is 19.3 Å². The molecule has 0 radical (unpaired) electrons. The van der Waals surface area contributed by atoms with Crippen LogP contribution in [0.4, 0.5) is 5.88 Å². The number of carbonyl (C=O) groups excluding carboxylic acids is 1. The van der Waals surface area contributed by atoms with Gasteiger partial charge < -0.3 is 9.26 Å². The molecule has 6 nitrogen and oxygen atoms in total. The average molecular weight is 303 g/mol. The zero-order chi connectivity index (χ0) is 16.1. The van der Waals surface area contributed by atoms with Gasteiger partial charge >= 0.3 is 0 Å². The molecule has 6 heteroatoms. The lowest BCUT2D eigenvalue weighted by Crippen LogP contribution is -2.32. The van der Waals surface area contributed by atoms with Crippen LogP contribution in [0.15, 0.2) is 34.9 Å². The first-order valence-electron chi connectivity index (χ1n) is 7.07. The van der Waals surface area contributed by atoms with Crippen LogP contribution in [0.3, 0.4) is 0 Å². The molecular formula is C16H21N3O3. The Morgan fingerprint density at radius 1 is 1.45 bits per heavy atom. The number of methoxy groups -OCH3 is 1. The number of aromatic nitrogens is 1. The molecule has 2 rings (SSSR count). The Hall–Kier alpha value is -2.34. The van der Waals surface area contributed by atoms with E-state index >= 15 is 0 Å². The monoisotopic (exact) mass is 303 g/mol. The lowest BCUT2D eigenvalue weighted by atomic mass is 10.1. The zero-order valence-corrected chi connectivity index (χ0v) is 13.3. The number of benzene rings is 1. The highest BCUT2D eigenvalue weighted by Crippen LogP contribution is 2.27. The molecule has 2 aromatic rings. The number of aryl methyl sites for hydroxylation is 1. The summed E-state index contributed by atoms with van der Waals surface area (Å²) in [4.78, 5) is 14.0. The summed E-state index contributed by atoms with van der Waals surface area (Å²) >= 11 is 0. The van der Waals surface area contributed by atoms with E-state index in [1.807, 2.05) is 43.1 Å². The molecule has 1 atom stereocenters. The van der Waals surface area contributed by atoms with E-state index in [1.165, 1.54) is 0 Å². The first-order valence-corrected chi connectivity index (χ1v) is 7.07. The second-order valence-electron chi connectivity index (χ2n) is 5.21. The predicted molar refractivity (Wildman–Crippen MR) is 83.9 cm³/mol. The summed E-state index contributed by atoms with van der Waals surface area (Å²) in [5.41, 5.74) is 1.77. The number of para-hydroxylation sites is 1. The molecule has 0 unspecified atom stereocenters. The van der Waals surface area contributed by atoms with Crippen LogP contribution >= 0.6 is 0 Å². The van der Waals surface area contributed by atoms with Crippen LogP contribution in [0.25, 0.3) is 0 Å². The first kappa shape index (κ1) is 16.0. The van der Waals surface area contributed by atoms with Gasteiger partial charge in [0.1, 0.15) is 5.75 Å². The minimum atomic E-state index is -0.152. The van der Waals surface area contributed by atoms with Crippen molar-refractivity contribution >= 4 is 11.8 Å². The van der Waals surface area contributed by atoms with Crippen molar-refractivity contribution in [2.45, 2.75) is 19.9 Å². The van der Waals surface area contributed by atoms with E-state index < -0.39 is 0 Å². The molecule has 1 aromatic heterocycles. The second-order valence-corrected chi connectivity index (χ2v) is 5.21. The van der Waals surface area contributed by atoms with Crippen LogP contribution in [-0.2, 0) is 4.79 Å². The fourth-order valence-electron chi connectivity index (χ4n) is 2.21. The van der Waals surface area contributed by atoms with Gasteiger partial charge in [0.2, 0.25) is 11.8 Å². The molecule has 0 bridgehead atoms. The van der Waals surface area contributed by atoms with Crippen molar-refractivity contribution in [2.24, 2.45) is 0 Å². The van der Waals surface area contributed by atoms with Gasteiger partial charge in [0.25, 0.3) is 0 Å². The number of amides is 1. The molecule has 0 saturated carbocycles. The summed E-state index contributed by atoms with van der Waals surface area (Å²) in [5, 5.41) is 6.42. The molecule has 0 spiro atoms. The number of nitrogens with one attached hydrogen (secondary N) is 1. The molecule has 1 aromatic carbocycles. The number of carbonyl (C=O) groups is 1. The van der Waals surface area contributed by atoms with Crippen molar-refractivity contribution in [1.82, 2.24) is 10.1 Å². The van der Waals surface area contributed by atoms with E-state index in [-0.39, 0.29) is 18.5 Å². The molecule has 118 valence electrons. The summed E-state index contributed by atoms with van der Waals surface area (Å²) in [6.07, 6.45) is 0. The van der Waals surface area contributed by atoms with E-state index in [0.717, 1.165) is 17.0 Å². The fourth-order valence-corrected chi connectivity index (χ4v) is 2.21.